The van der Waals surface area contributed by atoms with E-state index in [2.05, 4.69) is 30.3 Å². The number of hydrogen-bond donors (Lipinski definition) is 2. The Kier molecular flexibility index (Phi) is 8.91. The Labute approximate surface area is 180 Å². The number of hydrogen-bond acceptors (Lipinski definition) is 6. The highest BCUT2D eigenvalue weighted by Gasteiger charge is 2.07. The van der Waals surface area contributed by atoms with E-state index in [4.69, 9.17) is 11.5 Å². The van der Waals surface area contributed by atoms with Crippen LogP contribution in [0.25, 0.3) is 16.9 Å². The van der Waals surface area contributed by atoms with E-state index in [0.717, 1.165) is 28.1 Å². The second-order valence-electron chi connectivity index (χ2n) is 5.49. The molecule has 1 heterocycles. The van der Waals surface area contributed by atoms with Crippen LogP contribution in [0.5, 0.6) is 0 Å². The molecule has 0 fully saturated rings. The first-order chi connectivity index (χ1) is 13.1. The Hall–Kier alpha value is -3.30. The molecule has 0 atom stereocenters. The smallest absolute Gasteiger partial charge is 0.170 e. The SMILES string of the molecule is CO/N=C(\N)c1ccc(-c2cn(-c3ccc(/C(N)=N\OC)cc3)nn2)cc1.Cl.Cl. The summed E-state index contributed by atoms with van der Waals surface area (Å²) in [5.74, 6) is 0.615. The predicted octanol–water partition coefficient (Wildman–Crippen LogP) is 2.31. The molecule has 0 spiro atoms. The molecule has 1 aromatic heterocycles. The minimum atomic E-state index is 0. The van der Waals surface area contributed by atoms with Crippen LogP contribution in [0.4, 0.5) is 0 Å². The maximum absolute atomic E-state index is 5.79. The van der Waals surface area contributed by atoms with Gasteiger partial charge in [0.25, 0.3) is 0 Å². The monoisotopic (exact) mass is 437 g/mol. The van der Waals surface area contributed by atoms with Crippen LogP contribution in [0.15, 0.2) is 65.0 Å². The summed E-state index contributed by atoms with van der Waals surface area (Å²) in [6.45, 7) is 0. The molecule has 0 aliphatic rings. The average molecular weight is 438 g/mol. The van der Waals surface area contributed by atoms with Crippen LogP contribution in [0, 0.1) is 0 Å². The van der Waals surface area contributed by atoms with E-state index in [1.165, 1.54) is 14.2 Å². The van der Waals surface area contributed by atoms with Crippen molar-refractivity contribution in [2.24, 2.45) is 21.8 Å². The molecule has 0 bridgehead atoms. The summed E-state index contributed by atoms with van der Waals surface area (Å²) in [5.41, 5.74) is 15.6. The van der Waals surface area contributed by atoms with Crippen LogP contribution in [0.3, 0.4) is 0 Å². The van der Waals surface area contributed by atoms with Gasteiger partial charge in [0.15, 0.2) is 11.7 Å². The number of benzene rings is 2. The van der Waals surface area contributed by atoms with E-state index < -0.39 is 0 Å². The van der Waals surface area contributed by atoms with Crippen LogP contribution in [-0.4, -0.2) is 40.9 Å². The lowest BCUT2D eigenvalue weighted by Gasteiger charge is -2.03. The Morgan fingerprint density at radius 1 is 0.828 bits per heavy atom. The average Bonchev–Trinajstić information content (AvgIpc) is 3.19. The zero-order valence-corrected chi connectivity index (χ0v) is 17.4. The number of amidine groups is 2. The van der Waals surface area contributed by atoms with Gasteiger partial charge < -0.3 is 21.1 Å². The molecule has 0 amide bonds. The number of oxime groups is 2. The molecule has 11 heteroatoms. The third-order valence-corrected chi connectivity index (χ3v) is 3.78. The van der Waals surface area contributed by atoms with Crippen LogP contribution in [0.2, 0.25) is 0 Å². The van der Waals surface area contributed by atoms with Crippen molar-refractivity contribution in [2.75, 3.05) is 14.2 Å². The first-order valence-electron chi connectivity index (χ1n) is 7.99. The quantitative estimate of drug-likeness (QED) is 0.346. The number of nitrogens with zero attached hydrogens (tertiary/aromatic N) is 5. The van der Waals surface area contributed by atoms with Gasteiger partial charge in [0.1, 0.15) is 19.9 Å². The van der Waals surface area contributed by atoms with Gasteiger partial charge >= 0.3 is 0 Å². The second-order valence-corrected chi connectivity index (χ2v) is 5.49. The Balaban J connectivity index is 0.00000210. The van der Waals surface area contributed by atoms with E-state index in [0.29, 0.717) is 11.7 Å². The molecule has 154 valence electrons. The molecule has 3 aromatic rings. The first-order valence-corrected chi connectivity index (χ1v) is 7.99. The van der Waals surface area contributed by atoms with Gasteiger partial charge in [-0.15, -0.1) is 29.9 Å². The van der Waals surface area contributed by atoms with Crippen LogP contribution < -0.4 is 11.5 Å². The first kappa shape index (κ1) is 23.7. The zero-order valence-electron chi connectivity index (χ0n) is 15.7. The van der Waals surface area contributed by atoms with Gasteiger partial charge in [0, 0.05) is 16.7 Å². The minimum absolute atomic E-state index is 0. The number of halogens is 2. The Morgan fingerprint density at radius 2 is 1.31 bits per heavy atom. The summed E-state index contributed by atoms with van der Waals surface area (Å²) in [6, 6.07) is 14.9. The second kappa shape index (κ2) is 10.9. The summed E-state index contributed by atoms with van der Waals surface area (Å²) in [6.07, 6.45) is 1.84. The van der Waals surface area contributed by atoms with E-state index in [1.54, 1.807) is 4.68 Å². The molecular formula is C18H21Cl2N7O2. The molecule has 0 aliphatic heterocycles. The Morgan fingerprint density at radius 3 is 1.79 bits per heavy atom. The summed E-state index contributed by atoms with van der Waals surface area (Å²) in [5, 5.41) is 15.8. The lowest BCUT2D eigenvalue weighted by atomic mass is 10.1. The fourth-order valence-electron chi connectivity index (χ4n) is 2.42. The molecule has 2 aromatic carbocycles. The van der Waals surface area contributed by atoms with Crippen molar-refractivity contribution in [3.63, 3.8) is 0 Å². The maximum Gasteiger partial charge on any atom is 0.170 e. The lowest BCUT2D eigenvalue weighted by Crippen LogP contribution is -2.13. The number of aromatic nitrogens is 3. The number of nitrogens with two attached hydrogens (primary N) is 2. The highest BCUT2D eigenvalue weighted by atomic mass is 35.5. The molecular weight excluding hydrogens is 417 g/mol. The highest BCUT2D eigenvalue weighted by Crippen LogP contribution is 2.19. The van der Waals surface area contributed by atoms with Gasteiger partial charge in [0.05, 0.1) is 11.9 Å². The van der Waals surface area contributed by atoms with Gasteiger partial charge in [0.2, 0.25) is 0 Å². The van der Waals surface area contributed by atoms with Crippen LogP contribution >= 0.6 is 24.8 Å². The standard InChI is InChI=1S/C18H19N7O2.2ClH/c1-26-22-17(19)13-5-3-12(4-6-13)16-11-25(24-21-16)15-9-7-14(8-10-15)18(20)23-27-2;;/h3-11H,1-2H3,(H2,19,22)(H2,20,23);2*1H. The normalized spacial score (nSPS) is 11.2. The molecule has 0 saturated carbocycles. The largest absolute Gasteiger partial charge is 0.397 e. The Bertz CT molecular complexity index is 893. The van der Waals surface area contributed by atoms with Crippen molar-refractivity contribution in [3.8, 4) is 16.9 Å². The van der Waals surface area contributed by atoms with Crippen molar-refractivity contribution in [2.45, 2.75) is 0 Å². The minimum Gasteiger partial charge on any atom is -0.397 e. The van der Waals surface area contributed by atoms with Gasteiger partial charge in [-0.05, 0) is 24.3 Å². The van der Waals surface area contributed by atoms with Gasteiger partial charge in [-0.1, -0.05) is 39.8 Å². The van der Waals surface area contributed by atoms with Crippen molar-refractivity contribution < 1.29 is 9.68 Å². The maximum atomic E-state index is 5.79. The summed E-state index contributed by atoms with van der Waals surface area (Å²) >= 11 is 0. The molecule has 29 heavy (non-hydrogen) atoms. The van der Waals surface area contributed by atoms with E-state index in [9.17, 15) is 0 Å². The highest BCUT2D eigenvalue weighted by molar-refractivity contribution is 5.97. The van der Waals surface area contributed by atoms with Gasteiger partial charge in [-0.2, -0.15) is 0 Å². The molecule has 4 N–H and O–H groups in total. The molecule has 0 saturated heterocycles. The summed E-state index contributed by atoms with van der Waals surface area (Å²) in [7, 11) is 2.90. The van der Waals surface area contributed by atoms with Crippen molar-refractivity contribution in [1.82, 2.24) is 15.0 Å². The third kappa shape index (κ3) is 5.59. The zero-order chi connectivity index (χ0) is 19.2. The predicted molar refractivity (Wildman–Crippen MR) is 117 cm³/mol. The van der Waals surface area contributed by atoms with Crippen molar-refractivity contribution >= 4 is 36.5 Å². The third-order valence-electron chi connectivity index (χ3n) is 3.78. The molecule has 9 nitrogen and oxygen atoms in total. The topological polar surface area (TPSA) is 126 Å². The van der Waals surface area contributed by atoms with E-state index >= 15 is 0 Å². The molecule has 0 aliphatic carbocycles. The van der Waals surface area contributed by atoms with Crippen LogP contribution in [0.1, 0.15) is 11.1 Å². The van der Waals surface area contributed by atoms with Crippen molar-refractivity contribution in [3.05, 3.63) is 65.9 Å². The fraction of sp³-hybridized carbons (Fsp3) is 0.111. The van der Waals surface area contributed by atoms with E-state index in [1.807, 2.05) is 54.7 Å². The van der Waals surface area contributed by atoms with Crippen molar-refractivity contribution in [1.29, 1.82) is 0 Å². The van der Waals surface area contributed by atoms with Crippen LogP contribution in [-0.2, 0) is 9.68 Å². The molecule has 0 radical (unpaired) electrons. The lowest BCUT2D eigenvalue weighted by molar-refractivity contribution is 0.213. The number of rotatable bonds is 6. The molecule has 3 rings (SSSR count). The fourth-order valence-corrected chi connectivity index (χ4v) is 2.42. The summed E-state index contributed by atoms with van der Waals surface area (Å²) in [4.78, 5) is 9.35. The van der Waals surface area contributed by atoms with Gasteiger partial charge in [-0.3, -0.25) is 0 Å². The van der Waals surface area contributed by atoms with Gasteiger partial charge in [-0.25, -0.2) is 4.68 Å². The summed E-state index contributed by atoms with van der Waals surface area (Å²) < 4.78 is 1.68. The van der Waals surface area contributed by atoms with E-state index in [-0.39, 0.29) is 24.8 Å². The molecule has 0 unspecified atom stereocenters.